The van der Waals surface area contributed by atoms with Gasteiger partial charge < -0.3 is 14.5 Å². The number of hydrogen-bond donors (Lipinski definition) is 0. The molecule has 10 aromatic carbocycles. The number of aromatic nitrogens is 2. The Balaban J connectivity index is 1.000. The lowest BCUT2D eigenvalue weighted by Crippen LogP contribution is -2.13. The normalized spacial score (nSPS) is 14.0. The van der Waals surface area contributed by atoms with Crippen LogP contribution < -0.4 is 0 Å². The minimum absolute atomic E-state index is 0.490. The molecular weight excluding hydrogens is 822 g/mol. The highest BCUT2D eigenvalue weighted by Gasteiger charge is 2.30. The van der Waals surface area contributed by atoms with Crippen molar-refractivity contribution in [3.8, 4) is 22.5 Å². The first kappa shape index (κ1) is 38.1. The smallest absolute Gasteiger partial charge is 0.416 e. The Bertz CT molecular complexity index is 3970. The Morgan fingerprint density at radius 1 is 0.424 bits per heavy atom. The van der Waals surface area contributed by atoms with Crippen LogP contribution >= 0.6 is 0 Å². The second-order valence-corrected chi connectivity index (χ2v) is 17.0. The van der Waals surface area contributed by atoms with Crippen LogP contribution in [0, 0.1) is 0 Å². The van der Waals surface area contributed by atoms with E-state index in [2.05, 4.69) is 173 Å². The van der Waals surface area contributed by atoms with Gasteiger partial charge in [-0.1, -0.05) is 152 Å². The average molecular weight is 858 g/mol. The van der Waals surface area contributed by atoms with Crippen LogP contribution in [0.15, 0.2) is 217 Å². The molecule has 0 bridgehead atoms. The summed E-state index contributed by atoms with van der Waals surface area (Å²) in [6, 6.07) is 71.3. The fourth-order valence-electron chi connectivity index (χ4n) is 10.3. The number of rotatable bonds is 5. The van der Waals surface area contributed by atoms with Gasteiger partial charge in [0.2, 0.25) is 0 Å². The lowest BCUT2D eigenvalue weighted by molar-refractivity contribution is -0.137. The first-order valence-corrected chi connectivity index (χ1v) is 22.0. The predicted octanol–water partition coefficient (Wildman–Crippen LogP) is 16.4. The number of fused-ring (bicyclic) bond motifs is 10. The summed E-state index contributed by atoms with van der Waals surface area (Å²) in [7, 11) is 0. The Labute approximate surface area is 377 Å². The third kappa shape index (κ3) is 5.90. The van der Waals surface area contributed by atoms with Gasteiger partial charge in [-0.15, -0.1) is 5.69 Å². The number of nitrogens with zero attached hydrogens (tertiary/aromatic N) is 4. The molecule has 12 aromatic rings. The van der Waals surface area contributed by atoms with E-state index in [1.54, 1.807) is 6.07 Å². The van der Waals surface area contributed by atoms with E-state index in [0.29, 0.717) is 10.9 Å². The van der Waals surface area contributed by atoms with Crippen LogP contribution in [-0.2, 0) is 6.18 Å². The third-order valence-corrected chi connectivity index (χ3v) is 13.2. The van der Waals surface area contributed by atoms with E-state index in [1.807, 2.05) is 24.3 Å². The summed E-state index contributed by atoms with van der Waals surface area (Å²) in [5, 5.41) is 13.2. The van der Waals surface area contributed by atoms with E-state index in [1.165, 1.54) is 33.9 Å². The van der Waals surface area contributed by atoms with Crippen LogP contribution in [0.5, 0.6) is 0 Å². The number of para-hydroxylation sites is 3. The maximum atomic E-state index is 13.8. The molecule has 0 amide bonds. The summed E-state index contributed by atoms with van der Waals surface area (Å²) in [5.74, 6) is 0. The maximum absolute atomic E-state index is 13.8. The van der Waals surface area contributed by atoms with Gasteiger partial charge >= 0.3 is 6.18 Å². The molecule has 3 heterocycles. The summed E-state index contributed by atoms with van der Waals surface area (Å²) in [6.45, 7) is 0. The van der Waals surface area contributed by atoms with Crippen LogP contribution in [0.1, 0.15) is 28.4 Å². The average Bonchev–Trinajstić information content (AvgIpc) is 3.89. The molecule has 1 atom stereocenters. The molecule has 0 aliphatic carbocycles. The topological polar surface area (TPSA) is 36.3 Å². The van der Waals surface area contributed by atoms with Crippen LogP contribution in [-0.4, -0.2) is 14.8 Å². The number of hydrogen-bond acceptors (Lipinski definition) is 1. The largest absolute Gasteiger partial charge is 0.659 e. The lowest BCUT2D eigenvalue weighted by Gasteiger charge is -2.39. The molecule has 0 spiro atoms. The van der Waals surface area contributed by atoms with Crippen LogP contribution in [0.25, 0.3) is 93.0 Å². The van der Waals surface area contributed by atoms with E-state index in [9.17, 15) is 13.2 Å². The van der Waals surface area contributed by atoms with Gasteiger partial charge in [-0.2, -0.15) is 13.2 Å². The summed E-state index contributed by atoms with van der Waals surface area (Å²) in [4.78, 5) is 5.34. The fraction of sp³-hybridized carbons (Fsp3) is 0.0339. The molecule has 0 fully saturated rings. The molecule has 314 valence electrons. The number of alkyl halides is 3. The first-order valence-electron chi connectivity index (χ1n) is 22.0. The van der Waals surface area contributed by atoms with Crippen molar-refractivity contribution in [2.45, 2.75) is 12.3 Å². The SMILES string of the molecule is FC(F)(F)c1ccc2ccc(C3N=C(c4cccc(-n5c6ccccc6c6c(-c7cccc8c7c7ccccc7n8-c7ccccc7)cccc65)c4)c4ccc5ccccc5c4[N-]3)cc2c1. The van der Waals surface area contributed by atoms with Gasteiger partial charge in [-0.05, 0) is 104 Å². The molecule has 1 unspecified atom stereocenters. The van der Waals surface area contributed by atoms with Crippen molar-refractivity contribution in [2.75, 3.05) is 0 Å². The van der Waals surface area contributed by atoms with E-state index in [4.69, 9.17) is 10.3 Å². The van der Waals surface area contributed by atoms with Crippen molar-refractivity contribution in [1.29, 1.82) is 0 Å². The zero-order valence-corrected chi connectivity index (χ0v) is 35.2. The summed E-state index contributed by atoms with van der Waals surface area (Å²) in [6.07, 6.45) is -5.14. The molecule has 7 heteroatoms. The highest BCUT2D eigenvalue weighted by atomic mass is 19.4. The molecule has 66 heavy (non-hydrogen) atoms. The fourth-order valence-corrected chi connectivity index (χ4v) is 10.3. The molecule has 4 nitrogen and oxygen atoms in total. The molecular formula is C59H36F3N4-. The molecule has 13 rings (SSSR count). The number of aliphatic imine (C=N–C) groups is 1. The Kier molecular flexibility index (Phi) is 8.40. The van der Waals surface area contributed by atoms with Gasteiger partial charge in [0.15, 0.2) is 0 Å². The van der Waals surface area contributed by atoms with Crippen molar-refractivity contribution in [2.24, 2.45) is 4.99 Å². The highest BCUT2D eigenvalue weighted by Crippen LogP contribution is 2.47. The van der Waals surface area contributed by atoms with Gasteiger partial charge in [-0.3, -0.25) is 4.99 Å². The Morgan fingerprint density at radius 3 is 1.71 bits per heavy atom. The van der Waals surface area contributed by atoms with E-state index in [-0.39, 0.29) is 0 Å². The Hall–Kier alpha value is -8.42. The second-order valence-electron chi connectivity index (χ2n) is 17.0. The standard InChI is InChI=1S/C59H36F3N4/c60-59(61,62)41-31-29-36-27-28-39(33-40(36)34-41)58-63-56(49-32-30-37-13-4-5-18-44(37)57(49)64-58)38-14-10-17-43(35-38)66-51-24-9-7-20-48(51)55-46(22-12-26-53(55)66)45-21-11-25-52-54(45)47-19-6-8-23-50(47)65(52)42-15-2-1-3-16-42/h1-35,58H/q-1. The molecule has 1 aliphatic rings. The molecule has 0 saturated heterocycles. The minimum Gasteiger partial charge on any atom is -0.659 e. The van der Waals surface area contributed by atoms with Gasteiger partial charge in [0.1, 0.15) is 0 Å². The van der Waals surface area contributed by atoms with Crippen molar-refractivity contribution < 1.29 is 13.2 Å². The van der Waals surface area contributed by atoms with Crippen molar-refractivity contribution in [3.05, 3.63) is 240 Å². The van der Waals surface area contributed by atoms with Gasteiger partial charge in [0, 0.05) is 44.6 Å². The van der Waals surface area contributed by atoms with Crippen LogP contribution in [0.2, 0.25) is 0 Å². The molecule has 1 aliphatic heterocycles. The van der Waals surface area contributed by atoms with Crippen molar-refractivity contribution >= 4 is 76.6 Å². The number of halogens is 3. The maximum Gasteiger partial charge on any atom is 0.416 e. The Morgan fingerprint density at radius 2 is 1.00 bits per heavy atom. The second kappa shape index (κ2) is 14.6. The van der Waals surface area contributed by atoms with E-state index in [0.717, 1.165) is 89.1 Å². The third-order valence-electron chi connectivity index (χ3n) is 13.2. The lowest BCUT2D eigenvalue weighted by atomic mass is 9.93. The van der Waals surface area contributed by atoms with Crippen molar-refractivity contribution in [3.63, 3.8) is 0 Å². The molecule has 2 aromatic heterocycles. The quantitative estimate of drug-likeness (QED) is 0.165. The zero-order valence-electron chi connectivity index (χ0n) is 35.2. The summed E-state index contributed by atoms with van der Waals surface area (Å²) >= 11 is 0. The number of benzene rings is 10. The highest BCUT2D eigenvalue weighted by molar-refractivity contribution is 6.23. The first-order chi connectivity index (χ1) is 32.4. The zero-order chi connectivity index (χ0) is 44.1. The summed E-state index contributed by atoms with van der Waals surface area (Å²) in [5.41, 5.74) is 12.3. The summed E-state index contributed by atoms with van der Waals surface area (Å²) < 4.78 is 46.2. The molecule has 0 N–H and O–H groups in total. The van der Waals surface area contributed by atoms with Crippen molar-refractivity contribution in [1.82, 2.24) is 9.13 Å². The van der Waals surface area contributed by atoms with Gasteiger partial charge in [-0.25, -0.2) is 0 Å². The monoisotopic (exact) mass is 857 g/mol. The van der Waals surface area contributed by atoms with Gasteiger partial charge in [0.05, 0.1) is 33.3 Å². The van der Waals surface area contributed by atoms with E-state index >= 15 is 0 Å². The predicted molar refractivity (Wildman–Crippen MR) is 265 cm³/mol. The van der Waals surface area contributed by atoms with E-state index < -0.39 is 17.9 Å². The molecule has 0 radical (unpaired) electrons. The minimum atomic E-state index is -4.45. The molecule has 0 saturated carbocycles. The van der Waals surface area contributed by atoms with Gasteiger partial charge in [0.25, 0.3) is 0 Å². The van der Waals surface area contributed by atoms with Crippen LogP contribution in [0.3, 0.4) is 0 Å². The van der Waals surface area contributed by atoms with Crippen LogP contribution in [0.4, 0.5) is 18.9 Å².